The average molecular weight is 252 g/mol. The van der Waals surface area contributed by atoms with Gasteiger partial charge in [-0.3, -0.25) is 0 Å². The molecule has 0 aromatic heterocycles. The number of rotatable bonds is 3. The van der Waals surface area contributed by atoms with Gasteiger partial charge in [0.15, 0.2) is 5.60 Å². The van der Waals surface area contributed by atoms with Crippen molar-refractivity contribution in [2.45, 2.75) is 46.6 Å². The lowest BCUT2D eigenvalue weighted by Crippen LogP contribution is -2.42. The van der Waals surface area contributed by atoms with Crippen LogP contribution in [0.3, 0.4) is 0 Å². The lowest BCUT2D eigenvalue weighted by Gasteiger charge is -2.30. The van der Waals surface area contributed by atoms with Gasteiger partial charge in [0, 0.05) is 0 Å². The van der Waals surface area contributed by atoms with Crippen molar-refractivity contribution in [3.05, 3.63) is 29.3 Å². The highest BCUT2D eigenvalue weighted by atomic mass is 19.1. The molecule has 2 unspecified atom stereocenters. The van der Waals surface area contributed by atoms with Gasteiger partial charge in [-0.05, 0) is 36.5 Å². The fourth-order valence-corrected chi connectivity index (χ4v) is 2.04. The topological polar surface area (TPSA) is 21.8 Å². The number of epoxide rings is 1. The second kappa shape index (κ2) is 4.23. The molecule has 3 heteroatoms. The molecule has 1 saturated heterocycles. The molecular formula is C15H21FO2. The van der Waals surface area contributed by atoms with Crippen LogP contribution in [0.2, 0.25) is 0 Å². The van der Waals surface area contributed by atoms with Crippen molar-refractivity contribution in [2.24, 2.45) is 5.41 Å². The summed E-state index contributed by atoms with van der Waals surface area (Å²) in [6.45, 7) is 10.3. The molecule has 0 radical (unpaired) electrons. The van der Waals surface area contributed by atoms with Crippen molar-refractivity contribution >= 4 is 0 Å². The van der Waals surface area contributed by atoms with Crippen molar-refractivity contribution in [1.29, 1.82) is 0 Å². The van der Waals surface area contributed by atoms with E-state index >= 15 is 0 Å². The van der Waals surface area contributed by atoms with Crippen LogP contribution in [0.15, 0.2) is 18.2 Å². The van der Waals surface area contributed by atoms with E-state index in [1.165, 1.54) is 0 Å². The number of halogens is 1. The van der Waals surface area contributed by atoms with E-state index in [1.54, 1.807) is 6.07 Å². The fourth-order valence-electron chi connectivity index (χ4n) is 2.04. The summed E-state index contributed by atoms with van der Waals surface area (Å²) in [5, 5.41) is 0. The van der Waals surface area contributed by atoms with Crippen molar-refractivity contribution in [1.82, 2.24) is 0 Å². The van der Waals surface area contributed by atoms with E-state index in [9.17, 15) is 4.39 Å². The molecule has 18 heavy (non-hydrogen) atoms. The molecule has 1 aliphatic rings. The first-order valence-corrected chi connectivity index (χ1v) is 6.29. The first kappa shape index (κ1) is 13.3. The molecule has 0 bridgehead atoms. The Balaban J connectivity index is 2.18. The van der Waals surface area contributed by atoms with Gasteiger partial charge in [-0.1, -0.05) is 32.9 Å². The summed E-state index contributed by atoms with van der Waals surface area (Å²) in [5.41, 5.74) is 0.999. The van der Waals surface area contributed by atoms with Gasteiger partial charge in [0.2, 0.25) is 0 Å². The molecule has 0 aliphatic carbocycles. The molecule has 0 amide bonds. The van der Waals surface area contributed by atoms with Gasteiger partial charge in [-0.25, -0.2) is 0 Å². The molecule has 2 nitrogen and oxygen atoms in total. The Hall–Kier alpha value is -1.09. The number of benzene rings is 1. The van der Waals surface area contributed by atoms with E-state index in [-0.39, 0.29) is 5.41 Å². The third-order valence-corrected chi connectivity index (χ3v) is 3.88. The minimum absolute atomic E-state index is 0.274. The molecule has 1 aromatic rings. The smallest absolute Gasteiger partial charge is 0.269 e. The number of ether oxygens (including phenoxy) is 2. The lowest BCUT2D eigenvalue weighted by atomic mass is 9.81. The average Bonchev–Trinajstić information content (AvgIpc) is 3.04. The summed E-state index contributed by atoms with van der Waals surface area (Å²) in [6, 6.07) is 5.66. The Labute approximate surface area is 108 Å². The van der Waals surface area contributed by atoms with Crippen molar-refractivity contribution in [2.75, 3.05) is 6.61 Å². The first-order valence-electron chi connectivity index (χ1n) is 6.29. The molecule has 0 N–H and O–H groups in total. The van der Waals surface area contributed by atoms with Crippen LogP contribution in [-0.4, -0.2) is 18.6 Å². The van der Waals surface area contributed by atoms with E-state index < -0.39 is 12.0 Å². The monoisotopic (exact) mass is 252 g/mol. The highest BCUT2D eigenvalue weighted by Crippen LogP contribution is 2.48. The quantitative estimate of drug-likeness (QED) is 0.763. The maximum absolute atomic E-state index is 14.4. The van der Waals surface area contributed by atoms with Crippen LogP contribution in [0, 0.1) is 19.3 Å². The van der Waals surface area contributed by atoms with Crippen LogP contribution >= 0.6 is 0 Å². The summed E-state index contributed by atoms with van der Waals surface area (Å²) in [7, 11) is 0. The van der Waals surface area contributed by atoms with E-state index in [0.29, 0.717) is 12.4 Å². The zero-order valence-corrected chi connectivity index (χ0v) is 11.7. The molecule has 2 rings (SSSR count). The second-order valence-electron chi connectivity index (χ2n) is 6.06. The lowest BCUT2D eigenvalue weighted by molar-refractivity contribution is -0.0547. The molecule has 1 heterocycles. The van der Waals surface area contributed by atoms with Gasteiger partial charge in [0.1, 0.15) is 5.75 Å². The van der Waals surface area contributed by atoms with Crippen LogP contribution in [0.25, 0.3) is 0 Å². The standard InChI is InChI=1S/C15H21FO2/c1-10-7-6-8-12(11(10)2)18-13(16)15(9-17-15)14(3,4)5/h6-8,13H,9H2,1-5H3. The minimum Gasteiger partial charge on any atom is -0.457 e. The highest BCUT2D eigenvalue weighted by molar-refractivity contribution is 5.38. The van der Waals surface area contributed by atoms with E-state index in [0.717, 1.165) is 11.1 Å². The van der Waals surface area contributed by atoms with Crippen LogP contribution < -0.4 is 4.74 Å². The zero-order valence-electron chi connectivity index (χ0n) is 11.7. The molecule has 2 atom stereocenters. The predicted octanol–water partition coefficient (Wildman–Crippen LogP) is 3.79. The minimum atomic E-state index is -1.43. The maximum atomic E-state index is 14.4. The van der Waals surface area contributed by atoms with Crippen LogP contribution in [-0.2, 0) is 4.74 Å². The van der Waals surface area contributed by atoms with E-state index in [1.807, 2.05) is 46.8 Å². The van der Waals surface area contributed by atoms with Crippen LogP contribution in [0.4, 0.5) is 4.39 Å². The Bertz CT molecular complexity index is 444. The van der Waals surface area contributed by atoms with Gasteiger partial charge >= 0.3 is 0 Å². The number of aryl methyl sites for hydroxylation is 1. The third-order valence-electron chi connectivity index (χ3n) is 3.88. The summed E-state index contributed by atoms with van der Waals surface area (Å²) >= 11 is 0. The molecule has 1 aromatic carbocycles. The number of hydrogen-bond acceptors (Lipinski definition) is 2. The molecular weight excluding hydrogens is 231 g/mol. The molecule has 0 saturated carbocycles. The first-order chi connectivity index (χ1) is 8.28. The Morgan fingerprint density at radius 3 is 2.44 bits per heavy atom. The summed E-state index contributed by atoms with van der Waals surface area (Å²) in [5.74, 6) is 0.599. The Morgan fingerprint density at radius 1 is 1.33 bits per heavy atom. The van der Waals surface area contributed by atoms with Crippen molar-refractivity contribution in [3.63, 3.8) is 0 Å². The second-order valence-corrected chi connectivity index (χ2v) is 6.06. The highest BCUT2D eigenvalue weighted by Gasteiger charge is 2.62. The van der Waals surface area contributed by atoms with Gasteiger partial charge < -0.3 is 9.47 Å². The fraction of sp³-hybridized carbons (Fsp3) is 0.600. The third kappa shape index (κ3) is 2.12. The van der Waals surface area contributed by atoms with E-state index in [2.05, 4.69) is 0 Å². The largest absolute Gasteiger partial charge is 0.457 e. The summed E-state index contributed by atoms with van der Waals surface area (Å²) < 4.78 is 25.2. The number of hydrogen-bond donors (Lipinski definition) is 0. The number of alkyl halides is 1. The van der Waals surface area contributed by atoms with Crippen molar-refractivity contribution < 1.29 is 13.9 Å². The predicted molar refractivity (Wildman–Crippen MR) is 69.6 cm³/mol. The SMILES string of the molecule is Cc1cccc(OC(F)C2(C(C)(C)C)CO2)c1C. The van der Waals surface area contributed by atoms with E-state index in [4.69, 9.17) is 9.47 Å². The summed E-state index contributed by atoms with van der Waals surface area (Å²) in [6.07, 6.45) is -1.43. The normalized spacial score (nSPS) is 24.8. The Kier molecular flexibility index (Phi) is 3.14. The van der Waals surface area contributed by atoms with Gasteiger partial charge in [0.05, 0.1) is 6.61 Å². The van der Waals surface area contributed by atoms with Gasteiger partial charge in [0.25, 0.3) is 6.36 Å². The van der Waals surface area contributed by atoms with Crippen LogP contribution in [0.5, 0.6) is 5.75 Å². The van der Waals surface area contributed by atoms with Crippen molar-refractivity contribution in [3.8, 4) is 5.75 Å². The molecule has 100 valence electrons. The molecule has 1 fully saturated rings. The van der Waals surface area contributed by atoms with Gasteiger partial charge in [-0.15, -0.1) is 0 Å². The molecule has 0 spiro atoms. The van der Waals surface area contributed by atoms with Gasteiger partial charge in [-0.2, -0.15) is 4.39 Å². The summed E-state index contributed by atoms with van der Waals surface area (Å²) in [4.78, 5) is 0. The maximum Gasteiger partial charge on any atom is 0.269 e. The Morgan fingerprint density at radius 2 is 1.94 bits per heavy atom. The zero-order chi connectivity index (χ0) is 13.6. The molecule has 1 aliphatic heterocycles. The van der Waals surface area contributed by atoms with Crippen LogP contribution in [0.1, 0.15) is 31.9 Å².